The molecule has 1 atom stereocenters. The molecule has 1 N–H and O–H groups in total. The van der Waals surface area contributed by atoms with E-state index in [1.54, 1.807) is 24.0 Å². The zero-order valence-electron chi connectivity index (χ0n) is 10.7. The van der Waals surface area contributed by atoms with Crippen LogP contribution in [0, 0.1) is 12.7 Å². The molecule has 0 radical (unpaired) electrons. The van der Waals surface area contributed by atoms with Crippen LogP contribution in [-0.2, 0) is 0 Å². The Balaban J connectivity index is 1.92. The average molecular weight is 274 g/mol. The Labute approximate surface area is 116 Å². The molecule has 3 rings (SSSR count). The second-order valence-electron chi connectivity index (χ2n) is 4.68. The van der Waals surface area contributed by atoms with E-state index in [9.17, 15) is 4.39 Å². The highest BCUT2D eigenvalue weighted by molar-refractivity contribution is 7.99. The molecule has 19 heavy (non-hydrogen) atoms. The van der Waals surface area contributed by atoms with E-state index >= 15 is 0 Å². The molecule has 1 unspecified atom stereocenters. The Hall–Kier alpha value is -1.55. The number of aryl methyl sites for hydroxylation is 1. The van der Waals surface area contributed by atoms with E-state index in [1.165, 1.54) is 6.07 Å². The fraction of sp³-hybridized carbons (Fsp3) is 0.267. The molecule has 0 aliphatic carbocycles. The maximum atomic E-state index is 13.8. The molecule has 98 valence electrons. The topological polar surface area (TPSA) is 24.9 Å². The van der Waals surface area contributed by atoms with Crippen molar-refractivity contribution in [2.45, 2.75) is 24.3 Å². The summed E-state index contributed by atoms with van der Waals surface area (Å²) in [6.45, 7) is 2.05. The Kier molecular flexibility index (Phi) is 3.42. The third-order valence-corrected chi connectivity index (χ3v) is 4.55. The summed E-state index contributed by atoms with van der Waals surface area (Å²) in [6.07, 6.45) is 4.61. The molecule has 0 saturated carbocycles. The highest BCUT2D eigenvalue weighted by atomic mass is 32.2. The van der Waals surface area contributed by atoms with Crippen molar-refractivity contribution in [3.05, 3.63) is 53.6 Å². The molecule has 0 spiro atoms. The van der Waals surface area contributed by atoms with Gasteiger partial charge < -0.3 is 5.32 Å². The maximum Gasteiger partial charge on any atom is 0.137 e. The van der Waals surface area contributed by atoms with Gasteiger partial charge in [0.1, 0.15) is 5.82 Å². The number of thioether (sulfide) groups is 1. The molecule has 0 bridgehead atoms. The van der Waals surface area contributed by atoms with Gasteiger partial charge >= 0.3 is 0 Å². The summed E-state index contributed by atoms with van der Waals surface area (Å²) in [5.41, 5.74) is 3.24. The van der Waals surface area contributed by atoms with Crippen molar-refractivity contribution in [2.75, 3.05) is 11.1 Å². The van der Waals surface area contributed by atoms with Gasteiger partial charge in [-0.15, -0.1) is 11.8 Å². The number of nitrogens with one attached hydrogen (secondary N) is 1. The molecule has 0 amide bonds. The molecule has 0 saturated heterocycles. The molecule has 1 aliphatic heterocycles. The second-order valence-corrected chi connectivity index (χ2v) is 5.79. The molecule has 2 aromatic rings. The molecule has 1 aromatic carbocycles. The first-order chi connectivity index (χ1) is 9.25. The fourth-order valence-electron chi connectivity index (χ4n) is 2.34. The summed E-state index contributed by atoms with van der Waals surface area (Å²) in [4.78, 5) is 4.93. The van der Waals surface area contributed by atoms with Crippen LogP contribution in [-0.4, -0.2) is 10.7 Å². The zero-order chi connectivity index (χ0) is 13.2. The first-order valence-corrected chi connectivity index (χ1v) is 7.32. The van der Waals surface area contributed by atoms with Gasteiger partial charge in [0, 0.05) is 16.8 Å². The minimum Gasteiger partial charge on any atom is -0.377 e. The predicted molar refractivity (Wildman–Crippen MR) is 77.1 cm³/mol. The van der Waals surface area contributed by atoms with Crippen molar-refractivity contribution in [2.24, 2.45) is 0 Å². The number of pyridine rings is 1. The van der Waals surface area contributed by atoms with Gasteiger partial charge in [-0.25, -0.2) is 4.39 Å². The molecule has 1 aromatic heterocycles. The summed E-state index contributed by atoms with van der Waals surface area (Å²) in [7, 11) is 0. The molecule has 1 aliphatic rings. The summed E-state index contributed by atoms with van der Waals surface area (Å²) in [6, 6.07) is 7.46. The van der Waals surface area contributed by atoms with Crippen molar-refractivity contribution >= 4 is 17.4 Å². The number of aromatic nitrogens is 1. The molecule has 4 heteroatoms. The van der Waals surface area contributed by atoms with E-state index in [0.29, 0.717) is 0 Å². The highest BCUT2D eigenvalue weighted by Gasteiger charge is 2.23. The number of halogens is 1. The highest BCUT2D eigenvalue weighted by Crippen LogP contribution is 2.39. The molecular formula is C15H15FN2S. The monoisotopic (exact) mass is 274 g/mol. The van der Waals surface area contributed by atoms with Gasteiger partial charge in [0.15, 0.2) is 0 Å². The third kappa shape index (κ3) is 2.45. The fourth-order valence-corrected chi connectivity index (χ4v) is 3.48. The Bertz CT molecular complexity index is 600. The SMILES string of the molecule is Cc1ccncc1NC1CCSc2c(F)cccc21. The minimum atomic E-state index is -0.114. The molecule has 0 fully saturated rings. The van der Waals surface area contributed by atoms with Crippen LogP contribution in [0.25, 0.3) is 0 Å². The summed E-state index contributed by atoms with van der Waals surface area (Å²) in [5.74, 6) is 0.821. The van der Waals surface area contributed by atoms with E-state index < -0.39 is 0 Å². The van der Waals surface area contributed by atoms with Crippen molar-refractivity contribution < 1.29 is 4.39 Å². The van der Waals surface area contributed by atoms with E-state index in [0.717, 1.165) is 33.9 Å². The van der Waals surface area contributed by atoms with Gasteiger partial charge in [-0.2, -0.15) is 0 Å². The number of benzene rings is 1. The number of rotatable bonds is 2. The van der Waals surface area contributed by atoms with Crippen molar-refractivity contribution in [1.82, 2.24) is 4.98 Å². The number of nitrogens with zero attached hydrogens (tertiary/aromatic N) is 1. The second kappa shape index (κ2) is 5.21. The summed E-state index contributed by atoms with van der Waals surface area (Å²) in [5, 5.41) is 3.49. The smallest absolute Gasteiger partial charge is 0.137 e. The molecule has 2 heterocycles. The van der Waals surface area contributed by atoms with E-state index in [-0.39, 0.29) is 11.9 Å². The van der Waals surface area contributed by atoms with Crippen LogP contribution in [0.15, 0.2) is 41.6 Å². The van der Waals surface area contributed by atoms with Gasteiger partial charge in [-0.1, -0.05) is 12.1 Å². The average Bonchev–Trinajstić information content (AvgIpc) is 2.42. The third-order valence-electron chi connectivity index (χ3n) is 3.39. The van der Waals surface area contributed by atoms with E-state index in [4.69, 9.17) is 0 Å². The number of anilines is 1. The van der Waals surface area contributed by atoms with Crippen LogP contribution in [0.1, 0.15) is 23.6 Å². The Morgan fingerprint density at radius 3 is 3.11 bits per heavy atom. The first kappa shape index (κ1) is 12.5. The minimum absolute atomic E-state index is 0.114. The first-order valence-electron chi connectivity index (χ1n) is 6.34. The number of hydrogen-bond acceptors (Lipinski definition) is 3. The van der Waals surface area contributed by atoms with Crippen LogP contribution < -0.4 is 5.32 Å². The number of fused-ring (bicyclic) bond motifs is 1. The van der Waals surface area contributed by atoms with Crippen LogP contribution in [0.2, 0.25) is 0 Å². The van der Waals surface area contributed by atoms with Crippen molar-refractivity contribution in [3.8, 4) is 0 Å². The normalized spacial score (nSPS) is 17.9. The van der Waals surface area contributed by atoms with Gasteiger partial charge in [0.2, 0.25) is 0 Å². The largest absolute Gasteiger partial charge is 0.377 e. The lowest BCUT2D eigenvalue weighted by Gasteiger charge is -2.27. The maximum absolute atomic E-state index is 13.8. The van der Waals surface area contributed by atoms with E-state index in [2.05, 4.69) is 10.3 Å². The van der Waals surface area contributed by atoms with Crippen molar-refractivity contribution in [3.63, 3.8) is 0 Å². The lowest BCUT2D eigenvalue weighted by atomic mass is 10.0. The molecular weight excluding hydrogens is 259 g/mol. The van der Waals surface area contributed by atoms with E-state index in [1.807, 2.05) is 25.3 Å². The van der Waals surface area contributed by atoms with Crippen LogP contribution >= 0.6 is 11.8 Å². The van der Waals surface area contributed by atoms with Gasteiger partial charge in [-0.3, -0.25) is 4.98 Å². The van der Waals surface area contributed by atoms with Crippen molar-refractivity contribution in [1.29, 1.82) is 0 Å². The van der Waals surface area contributed by atoms with Gasteiger partial charge in [0.05, 0.1) is 17.9 Å². The van der Waals surface area contributed by atoms with Crippen LogP contribution in [0.3, 0.4) is 0 Å². The van der Waals surface area contributed by atoms with Crippen LogP contribution in [0.5, 0.6) is 0 Å². The standard InChI is InChI=1S/C15H15FN2S/c1-10-5-7-17-9-14(10)18-13-6-8-19-15-11(13)3-2-4-12(15)16/h2-5,7,9,13,18H,6,8H2,1H3. The quantitative estimate of drug-likeness (QED) is 0.889. The number of hydrogen-bond donors (Lipinski definition) is 1. The lowest BCUT2D eigenvalue weighted by molar-refractivity contribution is 0.585. The van der Waals surface area contributed by atoms with Crippen LogP contribution in [0.4, 0.5) is 10.1 Å². The zero-order valence-corrected chi connectivity index (χ0v) is 11.5. The Morgan fingerprint density at radius 2 is 2.26 bits per heavy atom. The van der Waals surface area contributed by atoms with Gasteiger partial charge in [-0.05, 0) is 36.6 Å². The summed E-state index contributed by atoms with van der Waals surface area (Å²) < 4.78 is 13.8. The molecule has 2 nitrogen and oxygen atoms in total. The lowest BCUT2D eigenvalue weighted by Crippen LogP contribution is -2.17. The Morgan fingerprint density at radius 1 is 1.37 bits per heavy atom. The van der Waals surface area contributed by atoms with Gasteiger partial charge in [0.25, 0.3) is 0 Å². The predicted octanol–water partition coefficient (Wildman–Crippen LogP) is 4.18. The summed E-state index contributed by atoms with van der Waals surface area (Å²) >= 11 is 1.60.